The van der Waals surface area contributed by atoms with E-state index in [9.17, 15) is 18.0 Å². The minimum Gasteiger partial charge on any atom is -0.496 e. The average Bonchev–Trinajstić information content (AvgIpc) is 2.54. The molecule has 0 heterocycles. The van der Waals surface area contributed by atoms with Gasteiger partial charge in [-0.1, -0.05) is 12.1 Å². The van der Waals surface area contributed by atoms with Crippen LogP contribution in [0.1, 0.15) is 21.5 Å². The molecular formula is C16H12BrF3N2O2. The van der Waals surface area contributed by atoms with Gasteiger partial charge in [0.25, 0.3) is 5.91 Å². The molecule has 2 aromatic carbocycles. The van der Waals surface area contributed by atoms with Crippen molar-refractivity contribution in [2.45, 2.75) is 6.18 Å². The van der Waals surface area contributed by atoms with E-state index in [1.807, 2.05) is 0 Å². The number of nitrogens with zero attached hydrogens (tertiary/aromatic N) is 1. The van der Waals surface area contributed by atoms with Crippen LogP contribution in [0, 0.1) is 0 Å². The van der Waals surface area contributed by atoms with Crippen molar-refractivity contribution in [1.29, 1.82) is 0 Å². The van der Waals surface area contributed by atoms with Crippen LogP contribution in [-0.4, -0.2) is 19.2 Å². The molecule has 0 radical (unpaired) electrons. The second-order valence-electron chi connectivity index (χ2n) is 4.67. The molecule has 0 aliphatic heterocycles. The van der Waals surface area contributed by atoms with Crippen LogP contribution in [0.25, 0.3) is 0 Å². The van der Waals surface area contributed by atoms with Gasteiger partial charge in [0, 0.05) is 5.56 Å². The van der Waals surface area contributed by atoms with Gasteiger partial charge >= 0.3 is 6.18 Å². The molecule has 0 atom stereocenters. The van der Waals surface area contributed by atoms with Crippen molar-refractivity contribution < 1.29 is 22.7 Å². The lowest BCUT2D eigenvalue weighted by Gasteiger charge is -2.06. The Balaban J connectivity index is 2.06. The van der Waals surface area contributed by atoms with E-state index < -0.39 is 17.6 Å². The Morgan fingerprint density at radius 3 is 2.62 bits per heavy atom. The predicted molar refractivity (Wildman–Crippen MR) is 87.2 cm³/mol. The number of carbonyl (C=O) groups excluding carboxylic acids is 1. The maximum Gasteiger partial charge on any atom is 0.416 e. The first kappa shape index (κ1) is 18.0. The number of hydrogen-bond acceptors (Lipinski definition) is 3. The highest BCUT2D eigenvalue weighted by Crippen LogP contribution is 2.29. The molecular weight excluding hydrogens is 389 g/mol. The molecule has 0 saturated heterocycles. The van der Waals surface area contributed by atoms with Gasteiger partial charge in [0.2, 0.25) is 0 Å². The van der Waals surface area contributed by atoms with Gasteiger partial charge in [0.05, 0.1) is 23.4 Å². The quantitative estimate of drug-likeness (QED) is 0.616. The van der Waals surface area contributed by atoms with Gasteiger partial charge in [-0.05, 0) is 51.8 Å². The molecule has 0 aliphatic rings. The van der Waals surface area contributed by atoms with Crippen LogP contribution in [0.5, 0.6) is 5.75 Å². The molecule has 0 fully saturated rings. The summed E-state index contributed by atoms with van der Waals surface area (Å²) in [4.78, 5) is 11.9. The van der Waals surface area contributed by atoms with E-state index in [1.165, 1.54) is 19.2 Å². The number of hydrazone groups is 1. The van der Waals surface area contributed by atoms with Crippen molar-refractivity contribution in [1.82, 2.24) is 5.43 Å². The summed E-state index contributed by atoms with van der Waals surface area (Å²) in [6.45, 7) is 0. The summed E-state index contributed by atoms with van der Waals surface area (Å²) < 4.78 is 43.5. The monoisotopic (exact) mass is 400 g/mol. The number of nitrogens with one attached hydrogen (secondary N) is 1. The van der Waals surface area contributed by atoms with Gasteiger partial charge in [-0.3, -0.25) is 4.79 Å². The third-order valence-corrected chi connectivity index (χ3v) is 3.63. The second-order valence-corrected chi connectivity index (χ2v) is 5.53. The molecule has 126 valence electrons. The molecule has 0 spiro atoms. The van der Waals surface area contributed by atoms with E-state index in [-0.39, 0.29) is 5.56 Å². The number of methoxy groups -OCH3 is 1. The maximum absolute atomic E-state index is 12.6. The highest BCUT2D eigenvalue weighted by atomic mass is 79.9. The Kier molecular flexibility index (Phi) is 5.61. The standard InChI is InChI=1S/C16H12BrF3N2O2/c1-24-14-6-5-11(8-13(14)17)15(23)22-21-9-10-3-2-4-12(7-10)16(18,19)20/h2-9H,1H3,(H,22,23)/b21-9+. The Labute approximate surface area is 144 Å². The topological polar surface area (TPSA) is 50.7 Å². The van der Waals surface area contributed by atoms with Crippen LogP contribution in [0.3, 0.4) is 0 Å². The number of rotatable bonds is 4. The summed E-state index contributed by atoms with van der Waals surface area (Å²) >= 11 is 3.26. The normalized spacial score (nSPS) is 11.5. The zero-order chi connectivity index (χ0) is 17.7. The fourth-order valence-corrected chi connectivity index (χ4v) is 2.37. The Morgan fingerprint density at radius 2 is 2.00 bits per heavy atom. The number of benzene rings is 2. The van der Waals surface area contributed by atoms with Crippen LogP contribution in [0.2, 0.25) is 0 Å². The van der Waals surface area contributed by atoms with Gasteiger partial charge < -0.3 is 4.74 Å². The number of carbonyl (C=O) groups is 1. The predicted octanol–water partition coefficient (Wildman–Crippen LogP) is 4.24. The van der Waals surface area contributed by atoms with Crippen LogP contribution in [0.15, 0.2) is 52.0 Å². The van der Waals surface area contributed by atoms with Gasteiger partial charge in [-0.25, -0.2) is 5.43 Å². The lowest BCUT2D eigenvalue weighted by Crippen LogP contribution is -2.17. The minimum atomic E-state index is -4.43. The van der Waals surface area contributed by atoms with E-state index in [2.05, 4.69) is 26.5 Å². The lowest BCUT2D eigenvalue weighted by atomic mass is 10.1. The first-order chi connectivity index (χ1) is 11.3. The Morgan fingerprint density at radius 1 is 1.25 bits per heavy atom. The fraction of sp³-hybridized carbons (Fsp3) is 0.125. The molecule has 0 aromatic heterocycles. The van der Waals surface area contributed by atoms with Crippen molar-refractivity contribution in [2.24, 2.45) is 5.10 Å². The van der Waals surface area contributed by atoms with E-state index in [0.717, 1.165) is 18.3 Å². The minimum absolute atomic E-state index is 0.223. The average molecular weight is 401 g/mol. The maximum atomic E-state index is 12.6. The molecule has 1 amide bonds. The first-order valence-corrected chi connectivity index (χ1v) is 7.45. The zero-order valence-electron chi connectivity index (χ0n) is 12.4. The summed E-state index contributed by atoms with van der Waals surface area (Å²) in [5.74, 6) is 0.0700. The highest BCUT2D eigenvalue weighted by Gasteiger charge is 2.30. The van der Waals surface area contributed by atoms with Crippen molar-refractivity contribution in [3.63, 3.8) is 0 Å². The summed E-state index contributed by atoms with van der Waals surface area (Å²) in [6, 6.07) is 9.33. The molecule has 2 aromatic rings. The summed E-state index contributed by atoms with van der Waals surface area (Å²) in [5.41, 5.74) is 2.02. The lowest BCUT2D eigenvalue weighted by molar-refractivity contribution is -0.137. The third-order valence-electron chi connectivity index (χ3n) is 3.01. The number of amides is 1. The van der Waals surface area contributed by atoms with E-state index in [1.54, 1.807) is 18.2 Å². The second kappa shape index (κ2) is 7.48. The highest BCUT2D eigenvalue weighted by molar-refractivity contribution is 9.10. The first-order valence-electron chi connectivity index (χ1n) is 6.65. The number of ether oxygens (including phenoxy) is 1. The SMILES string of the molecule is COc1ccc(C(=O)N/N=C/c2cccc(C(F)(F)F)c2)cc1Br. The largest absolute Gasteiger partial charge is 0.496 e. The molecule has 24 heavy (non-hydrogen) atoms. The van der Waals surface area contributed by atoms with Crippen LogP contribution in [-0.2, 0) is 6.18 Å². The Bertz CT molecular complexity index is 776. The van der Waals surface area contributed by atoms with Crippen molar-refractivity contribution in [2.75, 3.05) is 7.11 Å². The summed E-state index contributed by atoms with van der Waals surface area (Å²) in [5, 5.41) is 3.67. The van der Waals surface area contributed by atoms with E-state index >= 15 is 0 Å². The molecule has 4 nitrogen and oxygen atoms in total. The smallest absolute Gasteiger partial charge is 0.416 e. The van der Waals surface area contributed by atoms with Gasteiger partial charge in [0.1, 0.15) is 5.75 Å². The van der Waals surface area contributed by atoms with Crippen molar-refractivity contribution >= 4 is 28.1 Å². The van der Waals surface area contributed by atoms with Gasteiger partial charge in [0.15, 0.2) is 0 Å². The van der Waals surface area contributed by atoms with Crippen LogP contribution >= 0.6 is 15.9 Å². The van der Waals surface area contributed by atoms with Gasteiger partial charge in [-0.2, -0.15) is 18.3 Å². The third kappa shape index (κ3) is 4.58. The molecule has 0 saturated carbocycles. The number of hydrogen-bond donors (Lipinski definition) is 1. The van der Waals surface area contributed by atoms with Gasteiger partial charge in [-0.15, -0.1) is 0 Å². The molecule has 8 heteroatoms. The number of halogens is 4. The molecule has 2 rings (SSSR count). The van der Waals surface area contributed by atoms with E-state index in [0.29, 0.717) is 15.8 Å². The molecule has 1 N–H and O–H groups in total. The van der Waals surface area contributed by atoms with Crippen LogP contribution < -0.4 is 10.2 Å². The van der Waals surface area contributed by atoms with Crippen LogP contribution in [0.4, 0.5) is 13.2 Å². The summed E-state index contributed by atoms with van der Waals surface area (Å²) in [6.07, 6.45) is -3.28. The van der Waals surface area contributed by atoms with E-state index in [4.69, 9.17) is 4.74 Å². The zero-order valence-corrected chi connectivity index (χ0v) is 14.0. The molecule has 0 aliphatic carbocycles. The van der Waals surface area contributed by atoms with Crippen molar-refractivity contribution in [3.8, 4) is 5.75 Å². The molecule has 0 bridgehead atoms. The molecule has 0 unspecified atom stereocenters. The number of alkyl halides is 3. The fourth-order valence-electron chi connectivity index (χ4n) is 1.83. The van der Waals surface area contributed by atoms with Crippen molar-refractivity contribution in [3.05, 3.63) is 63.6 Å². The summed E-state index contributed by atoms with van der Waals surface area (Å²) in [7, 11) is 1.50. The Hall–Kier alpha value is -2.35.